The average Bonchev–Trinajstić information content (AvgIpc) is 2.59. The summed E-state index contributed by atoms with van der Waals surface area (Å²) in [5.41, 5.74) is -0.310. The van der Waals surface area contributed by atoms with Gasteiger partial charge < -0.3 is 10.1 Å². The molecule has 0 saturated heterocycles. The average molecular weight is 411 g/mol. The highest BCUT2D eigenvalue weighted by Gasteiger charge is 2.30. The lowest BCUT2D eigenvalue weighted by atomic mass is 10.1. The van der Waals surface area contributed by atoms with Crippen LogP contribution in [0.15, 0.2) is 53.4 Å². The Morgan fingerprint density at radius 3 is 2.33 bits per heavy atom. The number of rotatable bonds is 6. The monoisotopic (exact) mass is 410 g/mol. The van der Waals surface area contributed by atoms with Crippen molar-refractivity contribution in [3.05, 3.63) is 53.6 Å². The van der Waals surface area contributed by atoms with Crippen LogP contribution in [0.3, 0.4) is 0 Å². The van der Waals surface area contributed by atoms with Gasteiger partial charge in [0.2, 0.25) is 5.91 Å². The largest absolute Gasteiger partial charge is 0.495 e. The van der Waals surface area contributed by atoms with Crippen molar-refractivity contribution < 1.29 is 17.9 Å². The second kappa shape index (κ2) is 8.19. The topological polar surface area (TPSA) is 75.7 Å². The number of halogens is 1. The molecule has 0 atom stereocenters. The Morgan fingerprint density at radius 1 is 1.15 bits per heavy atom. The van der Waals surface area contributed by atoms with E-state index in [1.165, 1.54) is 25.3 Å². The van der Waals surface area contributed by atoms with Crippen LogP contribution in [0.5, 0.6) is 5.75 Å². The minimum absolute atomic E-state index is 0.0654. The number of nitrogens with zero attached hydrogens (tertiary/aromatic N) is 1. The zero-order valence-corrected chi connectivity index (χ0v) is 17.3. The zero-order chi connectivity index (χ0) is 20.2. The van der Waals surface area contributed by atoms with E-state index in [2.05, 4.69) is 5.32 Å². The van der Waals surface area contributed by atoms with Gasteiger partial charge in [-0.25, -0.2) is 8.42 Å². The first-order chi connectivity index (χ1) is 12.5. The number of nitrogens with one attached hydrogen (secondary N) is 1. The van der Waals surface area contributed by atoms with Gasteiger partial charge >= 0.3 is 0 Å². The standard InChI is InChI=1S/C19H23ClN2O4S/c1-19(2,3)21-18(23)13-22(16-12-14(20)10-11-17(16)26-4)27(24,25)15-8-6-5-7-9-15/h5-12H,13H2,1-4H3,(H,21,23). The van der Waals surface area contributed by atoms with Gasteiger partial charge in [0.1, 0.15) is 12.3 Å². The van der Waals surface area contributed by atoms with E-state index in [4.69, 9.17) is 16.3 Å². The van der Waals surface area contributed by atoms with Crippen molar-refractivity contribution in [1.29, 1.82) is 0 Å². The minimum Gasteiger partial charge on any atom is -0.495 e. The van der Waals surface area contributed by atoms with Crippen LogP contribution in [0.1, 0.15) is 20.8 Å². The molecule has 0 radical (unpaired) electrons. The van der Waals surface area contributed by atoms with E-state index in [1.54, 1.807) is 30.3 Å². The Bertz CT molecular complexity index is 909. The van der Waals surface area contributed by atoms with Crippen LogP contribution < -0.4 is 14.4 Å². The third-order valence-corrected chi connectivity index (χ3v) is 5.55. The molecule has 0 bridgehead atoms. The lowest BCUT2D eigenvalue weighted by molar-refractivity contribution is -0.121. The van der Waals surface area contributed by atoms with Crippen molar-refractivity contribution in [3.63, 3.8) is 0 Å². The van der Waals surface area contributed by atoms with Gasteiger partial charge in [-0.15, -0.1) is 0 Å². The van der Waals surface area contributed by atoms with E-state index < -0.39 is 28.0 Å². The van der Waals surface area contributed by atoms with Gasteiger partial charge in [-0.05, 0) is 51.1 Å². The summed E-state index contributed by atoms with van der Waals surface area (Å²) < 4.78 is 32.8. The lowest BCUT2D eigenvalue weighted by Crippen LogP contribution is -2.47. The van der Waals surface area contributed by atoms with E-state index >= 15 is 0 Å². The van der Waals surface area contributed by atoms with Gasteiger partial charge in [0.15, 0.2) is 0 Å². The number of hydrogen-bond acceptors (Lipinski definition) is 4. The molecule has 8 heteroatoms. The molecule has 0 unspecified atom stereocenters. The summed E-state index contributed by atoms with van der Waals surface area (Å²) in [6, 6.07) is 12.5. The van der Waals surface area contributed by atoms with E-state index in [1.807, 2.05) is 20.8 Å². The van der Waals surface area contributed by atoms with Gasteiger partial charge in [0, 0.05) is 10.6 Å². The maximum atomic E-state index is 13.3. The molecule has 0 aromatic heterocycles. The number of sulfonamides is 1. The van der Waals surface area contributed by atoms with E-state index in [0.717, 1.165) is 4.31 Å². The molecule has 0 heterocycles. The highest BCUT2D eigenvalue weighted by Crippen LogP contribution is 2.34. The highest BCUT2D eigenvalue weighted by molar-refractivity contribution is 7.92. The lowest BCUT2D eigenvalue weighted by Gasteiger charge is -2.28. The Morgan fingerprint density at radius 2 is 1.78 bits per heavy atom. The summed E-state index contributed by atoms with van der Waals surface area (Å²) >= 11 is 6.08. The fourth-order valence-electron chi connectivity index (χ4n) is 2.47. The van der Waals surface area contributed by atoms with Crippen LogP contribution in [0.4, 0.5) is 5.69 Å². The predicted molar refractivity (Wildman–Crippen MR) is 107 cm³/mol. The van der Waals surface area contributed by atoms with Crippen LogP contribution in [0.2, 0.25) is 5.02 Å². The van der Waals surface area contributed by atoms with Gasteiger partial charge in [0.25, 0.3) is 10.0 Å². The van der Waals surface area contributed by atoms with Gasteiger partial charge in [-0.3, -0.25) is 9.10 Å². The fourth-order valence-corrected chi connectivity index (χ4v) is 4.08. The van der Waals surface area contributed by atoms with Crippen molar-refractivity contribution in [1.82, 2.24) is 5.32 Å². The molecule has 0 aliphatic heterocycles. The van der Waals surface area contributed by atoms with Crippen LogP contribution >= 0.6 is 11.6 Å². The van der Waals surface area contributed by atoms with Crippen molar-refractivity contribution >= 4 is 33.2 Å². The van der Waals surface area contributed by atoms with E-state index in [-0.39, 0.29) is 10.6 Å². The Kier molecular flexibility index (Phi) is 6.38. The number of amides is 1. The first-order valence-electron chi connectivity index (χ1n) is 8.27. The quantitative estimate of drug-likeness (QED) is 0.791. The molecular weight excluding hydrogens is 388 g/mol. The number of methoxy groups -OCH3 is 1. The Labute approximate surface area is 165 Å². The van der Waals surface area contributed by atoms with Crippen LogP contribution in [-0.4, -0.2) is 33.5 Å². The minimum atomic E-state index is -4.02. The number of benzene rings is 2. The van der Waals surface area contributed by atoms with Crippen LogP contribution in [0.25, 0.3) is 0 Å². The van der Waals surface area contributed by atoms with Crippen molar-refractivity contribution in [2.45, 2.75) is 31.2 Å². The van der Waals surface area contributed by atoms with Gasteiger partial charge in [-0.2, -0.15) is 0 Å². The normalized spacial score (nSPS) is 11.7. The summed E-state index contributed by atoms with van der Waals surface area (Å²) in [5.74, 6) is -0.147. The number of carbonyl (C=O) groups excluding carboxylic acids is 1. The maximum absolute atomic E-state index is 13.3. The number of anilines is 1. The molecule has 0 saturated carbocycles. The third kappa shape index (κ3) is 5.37. The summed E-state index contributed by atoms with van der Waals surface area (Å²) in [5, 5.41) is 3.11. The van der Waals surface area contributed by atoms with E-state index in [0.29, 0.717) is 10.8 Å². The number of carbonyl (C=O) groups is 1. The molecule has 1 N–H and O–H groups in total. The molecule has 0 fully saturated rings. The second-order valence-corrected chi connectivity index (χ2v) is 9.24. The zero-order valence-electron chi connectivity index (χ0n) is 15.7. The summed E-state index contributed by atoms with van der Waals surface area (Å²) in [6.45, 7) is 5.05. The first kappa shape index (κ1) is 21.1. The highest BCUT2D eigenvalue weighted by atomic mass is 35.5. The second-order valence-electron chi connectivity index (χ2n) is 6.94. The first-order valence-corrected chi connectivity index (χ1v) is 10.1. The smallest absolute Gasteiger partial charge is 0.264 e. The fraction of sp³-hybridized carbons (Fsp3) is 0.316. The van der Waals surface area contributed by atoms with Crippen LogP contribution in [-0.2, 0) is 14.8 Å². The molecule has 0 aliphatic rings. The molecule has 1 amide bonds. The van der Waals surface area contributed by atoms with Crippen molar-refractivity contribution in [2.24, 2.45) is 0 Å². The molecule has 27 heavy (non-hydrogen) atoms. The molecule has 0 spiro atoms. The summed E-state index contributed by atoms with van der Waals surface area (Å²) in [6.07, 6.45) is 0. The number of hydrogen-bond donors (Lipinski definition) is 1. The molecular formula is C19H23ClN2O4S. The summed E-state index contributed by atoms with van der Waals surface area (Å²) in [7, 11) is -2.59. The maximum Gasteiger partial charge on any atom is 0.264 e. The van der Waals surface area contributed by atoms with Gasteiger partial charge in [-0.1, -0.05) is 29.8 Å². The molecule has 2 rings (SSSR count). The van der Waals surface area contributed by atoms with E-state index in [9.17, 15) is 13.2 Å². The van der Waals surface area contributed by atoms with Gasteiger partial charge in [0.05, 0.1) is 17.7 Å². The SMILES string of the molecule is COc1ccc(Cl)cc1N(CC(=O)NC(C)(C)C)S(=O)(=O)c1ccccc1. The Hall–Kier alpha value is -2.25. The third-order valence-electron chi connectivity index (χ3n) is 3.54. The predicted octanol–water partition coefficient (Wildman–Crippen LogP) is 3.46. The van der Waals surface area contributed by atoms with Crippen molar-refractivity contribution in [2.75, 3.05) is 18.0 Å². The Balaban J connectivity index is 2.56. The molecule has 2 aromatic carbocycles. The summed E-state index contributed by atoms with van der Waals surface area (Å²) in [4.78, 5) is 12.6. The molecule has 6 nitrogen and oxygen atoms in total. The number of ether oxygens (including phenoxy) is 1. The van der Waals surface area contributed by atoms with Crippen LogP contribution in [0, 0.1) is 0 Å². The molecule has 0 aliphatic carbocycles. The molecule has 2 aromatic rings. The molecule has 146 valence electrons. The van der Waals surface area contributed by atoms with Crippen molar-refractivity contribution in [3.8, 4) is 5.75 Å².